The van der Waals surface area contributed by atoms with Crippen LogP contribution < -0.4 is 0 Å². The van der Waals surface area contributed by atoms with E-state index in [0.29, 0.717) is 24.3 Å². The Bertz CT molecular complexity index is 1000. The minimum absolute atomic E-state index is 0.0321. The molecule has 2 atom stereocenters. The monoisotopic (exact) mass is 376 g/mol. The Morgan fingerprint density at radius 3 is 2.61 bits per heavy atom. The number of carbonyl (C=O) groups excluding carboxylic acids is 1. The molecule has 1 fully saturated rings. The first-order chi connectivity index (χ1) is 13.7. The highest BCUT2D eigenvalue weighted by molar-refractivity contribution is 5.94. The molecule has 28 heavy (non-hydrogen) atoms. The average Bonchev–Trinajstić information content (AvgIpc) is 3.35. The highest BCUT2D eigenvalue weighted by Crippen LogP contribution is 2.35. The van der Waals surface area contributed by atoms with Gasteiger partial charge in [0.1, 0.15) is 11.5 Å². The molecule has 0 saturated carbocycles. The quantitative estimate of drug-likeness (QED) is 0.703. The summed E-state index contributed by atoms with van der Waals surface area (Å²) in [5, 5.41) is 0. The second kappa shape index (κ2) is 6.87. The minimum atomic E-state index is -0.180. The largest absolute Gasteiger partial charge is 0.337 e. The summed E-state index contributed by atoms with van der Waals surface area (Å²) >= 11 is 0. The Balaban J connectivity index is 1.44. The molecule has 0 radical (unpaired) electrons. The first-order valence-electron chi connectivity index (χ1n) is 9.54. The Morgan fingerprint density at radius 2 is 1.79 bits per heavy atom. The molecular formula is C22H21FN4O. The van der Waals surface area contributed by atoms with Crippen LogP contribution in [0.15, 0.2) is 67.0 Å². The van der Waals surface area contributed by atoms with Crippen molar-refractivity contribution in [1.82, 2.24) is 19.4 Å². The number of likely N-dealkylation sites (tertiary alicyclic amines) is 1. The molecule has 0 bridgehead atoms. The molecule has 0 N–H and O–H groups in total. The molecule has 4 heterocycles. The van der Waals surface area contributed by atoms with Crippen molar-refractivity contribution in [1.29, 1.82) is 0 Å². The molecule has 1 amide bonds. The van der Waals surface area contributed by atoms with Gasteiger partial charge in [-0.1, -0.05) is 24.3 Å². The maximum Gasteiger partial charge on any atom is 0.271 e. The summed E-state index contributed by atoms with van der Waals surface area (Å²) in [6.07, 6.45) is 3.73. The van der Waals surface area contributed by atoms with Gasteiger partial charge in [0.2, 0.25) is 0 Å². The fourth-order valence-corrected chi connectivity index (χ4v) is 4.44. The fraction of sp³-hybridized carbons (Fsp3) is 0.273. The number of nitrogens with zero attached hydrogens (tertiary/aromatic N) is 4. The lowest BCUT2D eigenvalue weighted by atomic mass is 10.1. The fourth-order valence-electron chi connectivity index (χ4n) is 4.44. The van der Waals surface area contributed by atoms with Gasteiger partial charge < -0.3 is 9.47 Å². The van der Waals surface area contributed by atoms with Gasteiger partial charge in [0.25, 0.3) is 5.91 Å². The first-order valence-corrected chi connectivity index (χ1v) is 9.54. The molecule has 1 aromatic carbocycles. The first kappa shape index (κ1) is 17.1. The van der Waals surface area contributed by atoms with E-state index in [1.54, 1.807) is 12.3 Å². The predicted octanol–water partition coefficient (Wildman–Crippen LogP) is 3.10. The third-order valence-corrected chi connectivity index (χ3v) is 5.76. The average molecular weight is 376 g/mol. The summed E-state index contributed by atoms with van der Waals surface area (Å²) < 4.78 is 16.2. The molecule has 0 aliphatic carbocycles. The van der Waals surface area contributed by atoms with Gasteiger partial charge in [0.15, 0.2) is 0 Å². The van der Waals surface area contributed by atoms with Crippen LogP contribution in [0, 0.1) is 5.82 Å². The van der Waals surface area contributed by atoms with E-state index in [1.165, 1.54) is 6.07 Å². The summed E-state index contributed by atoms with van der Waals surface area (Å²) in [6, 6.07) is 16.7. The van der Waals surface area contributed by atoms with E-state index in [9.17, 15) is 9.18 Å². The van der Waals surface area contributed by atoms with Gasteiger partial charge in [-0.25, -0.2) is 4.39 Å². The van der Waals surface area contributed by atoms with Crippen LogP contribution >= 0.6 is 0 Å². The molecule has 142 valence electrons. The van der Waals surface area contributed by atoms with Gasteiger partial charge in [-0.3, -0.25) is 14.7 Å². The number of fused-ring (bicyclic) bond motifs is 3. The van der Waals surface area contributed by atoms with E-state index in [1.807, 2.05) is 53.6 Å². The lowest BCUT2D eigenvalue weighted by molar-refractivity contribution is 0.0553. The summed E-state index contributed by atoms with van der Waals surface area (Å²) in [7, 11) is 0. The topological polar surface area (TPSA) is 41.4 Å². The van der Waals surface area contributed by atoms with Crippen LogP contribution in [0.2, 0.25) is 0 Å². The number of pyridine rings is 1. The third-order valence-electron chi connectivity index (χ3n) is 5.76. The van der Waals surface area contributed by atoms with Crippen molar-refractivity contribution in [2.75, 3.05) is 13.1 Å². The SMILES string of the molecule is O=C1c2cccn2[C@H]2CN(Cc3ccccc3F)C[C@H]2N1Cc1ccccn1. The van der Waals surface area contributed by atoms with E-state index in [2.05, 4.69) is 14.5 Å². The zero-order valence-electron chi connectivity index (χ0n) is 15.4. The number of hydrogen-bond acceptors (Lipinski definition) is 3. The van der Waals surface area contributed by atoms with Crippen molar-refractivity contribution >= 4 is 5.91 Å². The van der Waals surface area contributed by atoms with E-state index in [-0.39, 0.29) is 23.8 Å². The van der Waals surface area contributed by atoms with Gasteiger partial charge in [-0.2, -0.15) is 0 Å². The van der Waals surface area contributed by atoms with Gasteiger partial charge >= 0.3 is 0 Å². The highest BCUT2D eigenvalue weighted by atomic mass is 19.1. The van der Waals surface area contributed by atoms with Crippen LogP contribution in [0.5, 0.6) is 0 Å². The van der Waals surface area contributed by atoms with E-state index in [0.717, 1.165) is 18.8 Å². The van der Waals surface area contributed by atoms with Crippen LogP contribution in [0.25, 0.3) is 0 Å². The second-order valence-electron chi connectivity index (χ2n) is 7.48. The molecule has 2 aromatic heterocycles. The minimum Gasteiger partial charge on any atom is -0.337 e. The van der Waals surface area contributed by atoms with Crippen molar-refractivity contribution < 1.29 is 9.18 Å². The predicted molar refractivity (Wildman–Crippen MR) is 103 cm³/mol. The van der Waals surface area contributed by atoms with E-state index in [4.69, 9.17) is 0 Å². The van der Waals surface area contributed by atoms with Crippen molar-refractivity contribution in [2.45, 2.75) is 25.2 Å². The summed E-state index contributed by atoms with van der Waals surface area (Å²) in [6.45, 7) is 2.53. The third kappa shape index (κ3) is 2.90. The molecule has 0 spiro atoms. The summed E-state index contributed by atoms with van der Waals surface area (Å²) in [5.41, 5.74) is 2.28. The van der Waals surface area contributed by atoms with Crippen LogP contribution in [0.4, 0.5) is 4.39 Å². The Labute approximate surface area is 163 Å². The normalized spacial score (nSPS) is 21.6. The lowest BCUT2D eigenvalue weighted by Crippen LogP contribution is -2.49. The zero-order valence-corrected chi connectivity index (χ0v) is 15.4. The smallest absolute Gasteiger partial charge is 0.271 e. The maximum atomic E-state index is 14.1. The van der Waals surface area contributed by atoms with Crippen LogP contribution in [0.1, 0.15) is 27.8 Å². The molecule has 2 aliphatic heterocycles. The molecule has 5 rings (SSSR count). The van der Waals surface area contributed by atoms with Gasteiger partial charge in [-0.15, -0.1) is 0 Å². The number of hydrogen-bond donors (Lipinski definition) is 0. The number of amides is 1. The van der Waals surface area contributed by atoms with E-state index >= 15 is 0 Å². The Morgan fingerprint density at radius 1 is 0.964 bits per heavy atom. The van der Waals surface area contributed by atoms with Gasteiger partial charge in [0, 0.05) is 37.6 Å². The van der Waals surface area contributed by atoms with Crippen molar-refractivity contribution in [3.8, 4) is 0 Å². The van der Waals surface area contributed by atoms with Crippen LogP contribution in [0.3, 0.4) is 0 Å². The second-order valence-corrected chi connectivity index (χ2v) is 7.48. The number of halogens is 1. The number of benzene rings is 1. The standard InChI is InChI=1S/C22H21FN4O/c23-18-8-2-1-6-16(18)12-25-14-20-21(15-25)27(13-17-7-3-4-10-24-17)22(28)19-9-5-11-26(19)20/h1-11,20-21H,12-15H2/t20-,21+/m0/s1. The molecule has 5 nitrogen and oxygen atoms in total. The van der Waals surface area contributed by atoms with Crippen molar-refractivity contribution in [2.24, 2.45) is 0 Å². The highest BCUT2D eigenvalue weighted by Gasteiger charge is 2.45. The lowest BCUT2D eigenvalue weighted by Gasteiger charge is -2.38. The zero-order chi connectivity index (χ0) is 19.1. The molecule has 3 aromatic rings. The number of aromatic nitrogens is 2. The molecule has 0 unspecified atom stereocenters. The Kier molecular flexibility index (Phi) is 4.20. The van der Waals surface area contributed by atoms with Crippen LogP contribution in [-0.4, -0.2) is 44.4 Å². The molecule has 1 saturated heterocycles. The molecule has 2 aliphatic rings. The van der Waals surface area contributed by atoms with Gasteiger partial charge in [-0.05, 0) is 30.3 Å². The number of rotatable bonds is 4. The van der Waals surface area contributed by atoms with Crippen molar-refractivity contribution in [3.63, 3.8) is 0 Å². The molecule has 6 heteroatoms. The van der Waals surface area contributed by atoms with E-state index < -0.39 is 0 Å². The molecular weight excluding hydrogens is 355 g/mol. The van der Waals surface area contributed by atoms with Gasteiger partial charge in [0.05, 0.1) is 24.3 Å². The van der Waals surface area contributed by atoms with Crippen LogP contribution in [-0.2, 0) is 13.1 Å². The summed E-state index contributed by atoms with van der Waals surface area (Å²) in [4.78, 5) is 21.7. The number of carbonyl (C=O) groups is 1. The summed E-state index contributed by atoms with van der Waals surface area (Å²) in [5.74, 6) is -0.148. The van der Waals surface area contributed by atoms with Crippen molar-refractivity contribution in [3.05, 3.63) is 89.8 Å². The Hall–Kier alpha value is -2.99. The maximum absolute atomic E-state index is 14.1.